The number of halogens is 1. The summed E-state index contributed by atoms with van der Waals surface area (Å²) in [6.45, 7) is 7.22. The van der Waals surface area contributed by atoms with Crippen LogP contribution in [-0.2, 0) is 19.6 Å². The van der Waals surface area contributed by atoms with E-state index in [0.29, 0.717) is 12.2 Å². The van der Waals surface area contributed by atoms with Gasteiger partial charge in [-0.05, 0) is 23.7 Å². The maximum Gasteiger partial charge on any atom is 0.274 e. The maximum atomic E-state index is 11.5. The molecule has 0 bridgehead atoms. The predicted molar refractivity (Wildman–Crippen MR) is 93.4 cm³/mol. The Kier molecular flexibility index (Phi) is 7.70. The molecule has 0 saturated heterocycles. The monoisotopic (exact) mass is 410 g/mol. The van der Waals surface area contributed by atoms with Crippen molar-refractivity contribution in [1.82, 2.24) is 0 Å². The quantitative estimate of drug-likeness (QED) is 0.290. The topological polar surface area (TPSA) is 72.8 Å². The van der Waals surface area contributed by atoms with Gasteiger partial charge in [0.2, 0.25) is 0 Å². The molecule has 1 atom stereocenters. The van der Waals surface area contributed by atoms with E-state index < -0.39 is 23.4 Å². The van der Waals surface area contributed by atoms with Gasteiger partial charge in [-0.1, -0.05) is 47.7 Å². The molecular formula is C14H23BrO5SSi. The predicted octanol–water partition coefficient (Wildman–Crippen LogP) is 3.71. The van der Waals surface area contributed by atoms with Crippen molar-refractivity contribution in [2.24, 2.45) is 0 Å². The van der Waals surface area contributed by atoms with E-state index in [4.69, 9.17) is 9.47 Å². The van der Waals surface area contributed by atoms with Gasteiger partial charge in [0.1, 0.15) is 12.0 Å². The van der Waals surface area contributed by atoms with Gasteiger partial charge in [-0.15, -0.1) is 0 Å². The van der Waals surface area contributed by atoms with Crippen LogP contribution < -0.4 is 0 Å². The minimum atomic E-state index is -4.24. The van der Waals surface area contributed by atoms with Crippen LogP contribution in [0.15, 0.2) is 28.7 Å². The summed E-state index contributed by atoms with van der Waals surface area (Å²) in [5.74, 6) is 0. The molecule has 0 spiro atoms. The first-order chi connectivity index (χ1) is 10.1. The molecule has 1 aromatic rings. The summed E-state index contributed by atoms with van der Waals surface area (Å²) in [6.07, 6.45) is 0. The lowest BCUT2D eigenvalue weighted by atomic mass is 10.1. The van der Waals surface area contributed by atoms with E-state index in [1.807, 2.05) is 0 Å². The lowest BCUT2D eigenvalue weighted by Crippen LogP contribution is -2.23. The molecule has 0 saturated carbocycles. The molecule has 0 fully saturated rings. The lowest BCUT2D eigenvalue weighted by molar-refractivity contribution is -0.0496. The Balaban J connectivity index is 2.49. The summed E-state index contributed by atoms with van der Waals surface area (Å²) in [4.78, 5) is 0. The second kappa shape index (κ2) is 8.56. The molecule has 1 N–H and O–H groups in total. The minimum Gasteiger partial charge on any atom is -0.356 e. The van der Waals surface area contributed by atoms with Gasteiger partial charge in [-0.2, -0.15) is 8.42 Å². The largest absolute Gasteiger partial charge is 0.356 e. The van der Waals surface area contributed by atoms with Gasteiger partial charge in [0.05, 0.1) is 6.61 Å². The van der Waals surface area contributed by atoms with Gasteiger partial charge >= 0.3 is 0 Å². The fourth-order valence-corrected chi connectivity index (χ4v) is 3.47. The summed E-state index contributed by atoms with van der Waals surface area (Å²) in [6, 6.07) is 7.73. The molecule has 0 amide bonds. The highest BCUT2D eigenvalue weighted by Crippen LogP contribution is 2.23. The summed E-state index contributed by atoms with van der Waals surface area (Å²) >= 11 is 3.28. The number of benzene rings is 1. The molecule has 0 aliphatic heterocycles. The van der Waals surface area contributed by atoms with Crippen molar-refractivity contribution in [3.05, 3.63) is 34.3 Å². The molecule has 22 heavy (non-hydrogen) atoms. The molecule has 8 heteroatoms. The van der Waals surface area contributed by atoms with Crippen LogP contribution in [0, 0.1) is 0 Å². The Hall–Kier alpha value is -0.253. The van der Waals surface area contributed by atoms with Crippen molar-refractivity contribution in [2.75, 3.05) is 20.0 Å². The lowest BCUT2D eigenvalue weighted by Gasteiger charge is -2.17. The molecule has 1 rings (SSSR count). The average Bonchev–Trinajstić information content (AvgIpc) is 2.36. The molecule has 1 aromatic carbocycles. The van der Waals surface area contributed by atoms with Crippen LogP contribution in [-0.4, -0.2) is 41.1 Å². The fourth-order valence-electron chi connectivity index (χ4n) is 1.68. The van der Waals surface area contributed by atoms with E-state index >= 15 is 0 Å². The second-order valence-electron chi connectivity index (χ2n) is 6.26. The Morgan fingerprint density at radius 2 is 1.77 bits per heavy atom. The molecule has 0 radical (unpaired) electrons. The number of hydrogen-bond donors (Lipinski definition) is 1. The summed E-state index contributed by atoms with van der Waals surface area (Å²) in [7, 11) is -5.38. The molecule has 1 unspecified atom stereocenters. The molecule has 0 heterocycles. The van der Waals surface area contributed by atoms with Crippen molar-refractivity contribution < 1.29 is 22.4 Å². The minimum absolute atomic E-state index is 0.0209. The molecular weight excluding hydrogens is 388 g/mol. The van der Waals surface area contributed by atoms with Crippen LogP contribution in [0.3, 0.4) is 0 Å². The van der Waals surface area contributed by atoms with E-state index in [9.17, 15) is 13.0 Å². The summed E-state index contributed by atoms with van der Waals surface area (Å²) in [5, 5.41) is -1.11. The van der Waals surface area contributed by atoms with Crippen LogP contribution in [0.2, 0.25) is 25.7 Å². The number of ether oxygens (including phenoxy) is 2. The maximum absolute atomic E-state index is 11.5. The van der Waals surface area contributed by atoms with Crippen LogP contribution in [0.25, 0.3) is 0 Å². The van der Waals surface area contributed by atoms with Crippen molar-refractivity contribution >= 4 is 34.1 Å². The molecule has 0 aliphatic carbocycles. The first-order valence-corrected chi connectivity index (χ1v) is 13.0. The Bertz CT molecular complexity index is 554. The van der Waals surface area contributed by atoms with Crippen molar-refractivity contribution in [1.29, 1.82) is 0 Å². The molecule has 126 valence electrons. The van der Waals surface area contributed by atoms with Gasteiger partial charge in [0, 0.05) is 19.2 Å². The van der Waals surface area contributed by atoms with E-state index in [2.05, 4.69) is 35.6 Å². The fraction of sp³-hybridized carbons (Fsp3) is 0.571. The van der Waals surface area contributed by atoms with Crippen LogP contribution in [0.1, 0.15) is 10.8 Å². The highest BCUT2D eigenvalue weighted by molar-refractivity contribution is 9.10. The van der Waals surface area contributed by atoms with E-state index in [-0.39, 0.29) is 13.4 Å². The zero-order valence-electron chi connectivity index (χ0n) is 13.1. The summed E-state index contributed by atoms with van der Waals surface area (Å²) < 4.78 is 43.8. The first kappa shape index (κ1) is 19.8. The third-order valence-electron chi connectivity index (χ3n) is 3.03. The Labute approximate surface area is 141 Å². The molecule has 5 nitrogen and oxygen atoms in total. The van der Waals surface area contributed by atoms with Gasteiger partial charge < -0.3 is 9.47 Å². The third kappa shape index (κ3) is 7.84. The van der Waals surface area contributed by atoms with Gasteiger partial charge in [0.15, 0.2) is 0 Å². The normalized spacial score (nSPS) is 14.0. The van der Waals surface area contributed by atoms with Gasteiger partial charge in [-0.25, -0.2) is 0 Å². The van der Waals surface area contributed by atoms with Crippen molar-refractivity contribution in [3.8, 4) is 0 Å². The van der Waals surface area contributed by atoms with E-state index in [0.717, 1.165) is 10.5 Å². The average molecular weight is 411 g/mol. The van der Waals surface area contributed by atoms with Gasteiger partial charge in [0.25, 0.3) is 10.1 Å². The van der Waals surface area contributed by atoms with Crippen LogP contribution in [0.4, 0.5) is 0 Å². The molecule has 0 aromatic heterocycles. The van der Waals surface area contributed by atoms with Crippen LogP contribution >= 0.6 is 15.9 Å². The zero-order valence-corrected chi connectivity index (χ0v) is 16.5. The standard InChI is InChI=1S/C14H23BrO5SSi/c1-22(2,3)9-8-19-11-20-10-14(21(16,17)18)12-4-6-13(15)7-5-12/h4-7,14H,8-11H2,1-3H3,(H,16,17,18). The van der Waals surface area contributed by atoms with E-state index in [1.165, 1.54) is 0 Å². The van der Waals surface area contributed by atoms with Crippen molar-refractivity contribution in [2.45, 2.75) is 30.9 Å². The smallest absolute Gasteiger partial charge is 0.274 e. The highest BCUT2D eigenvalue weighted by Gasteiger charge is 2.25. The van der Waals surface area contributed by atoms with Gasteiger partial charge in [-0.3, -0.25) is 4.55 Å². The SMILES string of the molecule is C[Si](C)(C)CCOCOCC(c1ccc(Br)cc1)S(=O)(=O)O. The number of rotatable bonds is 9. The Morgan fingerprint density at radius 3 is 2.27 bits per heavy atom. The highest BCUT2D eigenvalue weighted by atomic mass is 79.9. The number of hydrogen-bond acceptors (Lipinski definition) is 4. The zero-order chi connectivity index (χ0) is 16.8. The first-order valence-electron chi connectivity index (χ1n) is 6.97. The third-order valence-corrected chi connectivity index (χ3v) is 6.39. The summed E-state index contributed by atoms with van der Waals surface area (Å²) in [5.41, 5.74) is 0.479. The van der Waals surface area contributed by atoms with E-state index in [1.54, 1.807) is 24.3 Å². The Morgan fingerprint density at radius 1 is 1.18 bits per heavy atom. The second-order valence-corrected chi connectivity index (χ2v) is 14.4. The van der Waals surface area contributed by atoms with Crippen LogP contribution in [0.5, 0.6) is 0 Å². The van der Waals surface area contributed by atoms with Crippen molar-refractivity contribution in [3.63, 3.8) is 0 Å². The molecule has 0 aliphatic rings.